The second-order valence-electron chi connectivity index (χ2n) is 13.3. The van der Waals surface area contributed by atoms with Crippen LogP contribution in [0.3, 0.4) is 0 Å². The van der Waals surface area contributed by atoms with Crippen LogP contribution in [0, 0.1) is 23.8 Å². The number of pyridine rings is 1. The summed E-state index contributed by atoms with van der Waals surface area (Å²) in [5.41, 5.74) is 8.71. The summed E-state index contributed by atoms with van der Waals surface area (Å²) in [6.45, 7) is 12.5. The van der Waals surface area contributed by atoms with Gasteiger partial charge in [-0.25, -0.2) is 0 Å². The maximum atomic E-state index is 11.2. The number of ketones is 1. The molecule has 0 fully saturated rings. The number of aromatic nitrogens is 1. The molecule has 1 aliphatic heterocycles. The molecule has 0 atom stereocenters. The van der Waals surface area contributed by atoms with Crippen LogP contribution in [0.25, 0.3) is 44.4 Å². The van der Waals surface area contributed by atoms with Gasteiger partial charge in [-0.1, -0.05) is 120 Å². The predicted octanol–water partition coefficient (Wildman–Crippen LogP) is 11.4. The Morgan fingerprint density at radius 1 is 0.766 bits per heavy atom. The zero-order chi connectivity index (χ0) is 32.8. The molecule has 0 saturated heterocycles. The molecule has 0 spiro atoms. The van der Waals surface area contributed by atoms with Crippen molar-refractivity contribution in [2.75, 3.05) is 0 Å². The fourth-order valence-corrected chi connectivity index (χ4v) is 5.88. The van der Waals surface area contributed by atoms with E-state index in [0.29, 0.717) is 30.6 Å². The molecular formula is C42H44IrNO3-. The Balaban J connectivity index is 0.000000307. The second-order valence-corrected chi connectivity index (χ2v) is 13.3. The Morgan fingerprint density at radius 3 is 2.06 bits per heavy atom. The van der Waals surface area contributed by atoms with Gasteiger partial charge in [0.15, 0.2) is 5.78 Å². The monoisotopic (exact) mass is 803 g/mol. The first-order valence-corrected chi connectivity index (χ1v) is 16.3. The van der Waals surface area contributed by atoms with Crippen molar-refractivity contribution in [2.45, 2.75) is 60.8 Å². The Morgan fingerprint density at radius 2 is 1.38 bits per heavy atom. The van der Waals surface area contributed by atoms with Crippen LogP contribution < -0.4 is 4.74 Å². The first-order valence-electron chi connectivity index (χ1n) is 16.3. The van der Waals surface area contributed by atoms with Crippen molar-refractivity contribution in [3.05, 3.63) is 114 Å². The number of para-hydroxylation sites is 2. The van der Waals surface area contributed by atoms with Gasteiger partial charge in [0.1, 0.15) is 5.75 Å². The second kappa shape index (κ2) is 16.2. The third kappa shape index (κ3) is 9.06. The minimum absolute atomic E-state index is 0. The van der Waals surface area contributed by atoms with Crippen molar-refractivity contribution in [3.63, 3.8) is 0 Å². The van der Waals surface area contributed by atoms with Gasteiger partial charge in [0.25, 0.3) is 0 Å². The van der Waals surface area contributed by atoms with Gasteiger partial charge >= 0.3 is 0 Å². The molecule has 1 radical (unpaired) electrons. The van der Waals surface area contributed by atoms with Crippen molar-refractivity contribution < 1.29 is 34.7 Å². The maximum absolute atomic E-state index is 11.2. The van der Waals surface area contributed by atoms with Crippen LogP contribution in [0.2, 0.25) is 0 Å². The zero-order valence-corrected chi connectivity index (χ0v) is 30.5. The van der Waals surface area contributed by atoms with E-state index in [1.807, 2.05) is 45.9 Å². The van der Waals surface area contributed by atoms with Gasteiger partial charge in [0.2, 0.25) is 0 Å². The minimum Gasteiger partial charge on any atom is -0.512 e. The number of nitrogens with zero attached hydrogens (tertiary/aromatic N) is 1. The van der Waals surface area contributed by atoms with Crippen LogP contribution in [0.15, 0.2) is 103 Å². The van der Waals surface area contributed by atoms with Crippen LogP contribution in [-0.2, 0) is 31.3 Å². The van der Waals surface area contributed by atoms with Crippen LogP contribution in [0.5, 0.6) is 11.5 Å². The van der Waals surface area contributed by atoms with E-state index in [2.05, 4.69) is 92.7 Å². The number of aliphatic hydroxyl groups excluding tert-OH is 1. The summed E-state index contributed by atoms with van der Waals surface area (Å²) in [7, 11) is 0. The van der Waals surface area contributed by atoms with Crippen molar-refractivity contribution in [1.29, 1.82) is 0 Å². The number of ether oxygens (including phenoxy) is 1. The number of hydrogen-bond donors (Lipinski definition) is 1. The van der Waals surface area contributed by atoms with Gasteiger partial charge in [-0.2, -0.15) is 0 Å². The summed E-state index contributed by atoms with van der Waals surface area (Å²) in [5, 5.41) is 10.6. The number of carbonyl (C=O) groups excluding carboxylic acids is 1. The largest absolute Gasteiger partial charge is 0.512 e. The minimum atomic E-state index is 0. The van der Waals surface area contributed by atoms with Gasteiger partial charge in [0, 0.05) is 50.0 Å². The Hall–Kier alpha value is -4.05. The summed E-state index contributed by atoms with van der Waals surface area (Å²) in [6, 6.07) is 35.0. The summed E-state index contributed by atoms with van der Waals surface area (Å²) in [6.07, 6.45) is 3.48. The predicted molar refractivity (Wildman–Crippen MR) is 190 cm³/mol. The SMILES string of the molecule is CC(C)CC(=O)/C=C(\O)CC(C)C.CC(C)Cc1cc(-c2[c-]cc3c(c2)Oc2ccccc2-c2ccccc2-3)nc2ccccc12.[Ir]. The quantitative estimate of drug-likeness (QED) is 0.0946. The van der Waals surface area contributed by atoms with Gasteiger partial charge < -0.3 is 9.84 Å². The van der Waals surface area contributed by atoms with Crippen LogP contribution in [0.1, 0.15) is 59.9 Å². The molecule has 6 rings (SSSR count). The van der Waals surface area contributed by atoms with Crippen molar-refractivity contribution >= 4 is 16.7 Å². The van der Waals surface area contributed by atoms with E-state index in [0.717, 1.165) is 51.4 Å². The van der Waals surface area contributed by atoms with Crippen molar-refractivity contribution in [3.8, 4) is 45.0 Å². The standard InChI is InChI=1S/C31H24NO.C11H20O2.Ir/c1-20(2)17-22-18-29(32-28-13-7-5-9-23(22)28)21-15-16-27-25-11-4-3-10-24(25)26-12-6-8-14-30(26)33-31(27)19-21;1-8(2)5-10(12)7-11(13)6-9(3)4;/h3-14,16,18-20H,17H2,1-2H3;7-9,12H,5-6H2,1-4H3;/q-1;;/b;10-7-;. The molecule has 2 heterocycles. The van der Waals surface area contributed by atoms with E-state index in [4.69, 9.17) is 9.72 Å². The first kappa shape index (κ1) is 35.8. The average molecular weight is 803 g/mol. The number of fused-ring (bicyclic) bond motifs is 6. The number of benzene rings is 4. The third-order valence-corrected chi connectivity index (χ3v) is 7.79. The summed E-state index contributed by atoms with van der Waals surface area (Å²) in [5.74, 6) is 3.25. The van der Waals surface area contributed by atoms with E-state index in [9.17, 15) is 9.90 Å². The van der Waals surface area contributed by atoms with Gasteiger partial charge in [-0.15, -0.1) is 17.7 Å². The van der Waals surface area contributed by atoms with E-state index in [-0.39, 0.29) is 31.6 Å². The molecule has 0 aliphatic carbocycles. The topological polar surface area (TPSA) is 59.4 Å². The molecule has 4 aromatic carbocycles. The summed E-state index contributed by atoms with van der Waals surface area (Å²) in [4.78, 5) is 16.2. The molecule has 245 valence electrons. The fourth-order valence-electron chi connectivity index (χ4n) is 5.88. The maximum Gasteiger partial charge on any atom is 0.159 e. The van der Waals surface area contributed by atoms with Gasteiger partial charge in [-0.05, 0) is 58.7 Å². The normalized spacial score (nSPS) is 11.9. The van der Waals surface area contributed by atoms with Crippen molar-refractivity contribution in [2.24, 2.45) is 17.8 Å². The molecule has 0 amide bonds. The number of rotatable bonds is 8. The average Bonchev–Trinajstić information content (AvgIpc) is 3.14. The van der Waals surface area contributed by atoms with E-state index >= 15 is 0 Å². The molecule has 0 bridgehead atoms. The van der Waals surface area contributed by atoms with Crippen LogP contribution in [0.4, 0.5) is 0 Å². The summed E-state index contributed by atoms with van der Waals surface area (Å²) < 4.78 is 6.48. The molecule has 0 saturated carbocycles. The van der Waals surface area contributed by atoms with Crippen LogP contribution >= 0.6 is 0 Å². The number of carbonyl (C=O) groups is 1. The van der Waals surface area contributed by atoms with Crippen molar-refractivity contribution in [1.82, 2.24) is 4.98 Å². The molecule has 1 aromatic heterocycles. The molecule has 1 N–H and O–H groups in total. The zero-order valence-electron chi connectivity index (χ0n) is 28.1. The number of allylic oxidation sites excluding steroid dienone is 2. The molecule has 1 aliphatic rings. The van der Waals surface area contributed by atoms with Crippen LogP contribution in [-0.4, -0.2) is 15.9 Å². The van der Waals surface area contributed by atoms with E-state index < -0.39 is 0 Å². The molecule has 47 heavy (non-hydrogen) atoms. The van der Waals surface area contributed by atoms with Gasteiger partial charge in [-0.3, -0.25) is 9.78 Å². The number of hydrogen-bond acceptors (Lipinski definition) is 4. The number of aliphatic hydroxyl groups is 1. The van der Waals surface area contributed by atoms with E-state index in [1.54, 1.807) is 0 Å². The molecule has 4 nitrogen and oxygen atoms in total. The molecular weight excluding hydrogens is 759 g/mol. The Kier molecular flexibility index (Phi) is 12.3. The Bertz CT molecular complexity index is 1870. The smallest absolute Gasteiger partial charge is 0.159 e. The molecule has 5 aromatic rings. The summed E-state index contributed by atoms with van der Waals surface area (Å²) >= 11 is 0. The van der Waals surface area contributed by atoms with E-state index in [1.165, 1.54) is 22.6 Å². The molecule has 0 unspecified atom stereocenters. The third-order valence-electron chi connectivity index (χ3n) is 7.79. The fraction of sp³-hybridized carbons (Fsp3) is 0.286. The van der Waals surface area contributed by atoms with Gasteiger partial charge in [0.05, 0.1) is 17.0 Å². The Labute approximate surface area is 293 Å². The first-order chi connectivity index (χ1) is 22.1. The molecule has 5 heteroatoms.